The summed E-state index contributed by atoms with van der Waals surface area (Å²) in [5, 5.41) is 4.64. The summed E-state index contributed by atoms with van der Waals surface area (Å²) in [5.74, 6) is 2.62. The topological polar surface area (TPSA) is 49.0 Å². The van der Waals surface area contributed by atoms with E-state index in [1.54, 1.807) is 14.2 Å². The van der Waals surface area contributed by atoms with Crippen LogP contribution in [0.25, 0.3) is 0 Å². The van der Waals surface area contributed by atoms with Crippen molar-refractivity contribution in [2.75, 3.05) is 27.4 Å². The first kappa shape index (κ1) is 25.0. The van der Waals surface area contributed by atoms with Crippen LogP contribution in [0.15, 0.2) is 54.6 Å². The average Bonchev–Trinajstić information content (AvgIpc) is 2.81. The van der Waals surface area contributed by atoms with Crippen LogP contribution in [0.5, 0.6) is 23.0 Å². The van der Waals surface area contributed by atoms with E-state index in [0.717, 1.165) is 41.2 Å². The zero-order valence-electron chi connectivity index (χ0n) is 19.1. The molecule has 0 atom stereocenters. The van der Waals surface area contributed by atoms with Crippen molar-refractivity contribution < 1.29 is 18.9 Å². The van der Waals surface area contributed by atoms with Crippen LogP contribution < -0.4 is 24.3 Å². The van der Waals surface area contributed by atoms with E-state index in [-0.39, 0.29) is 0 Å². The van der Waals surface area contributed by atoms with Crippen molar-refractivity contribution in [2.45, 2.75) is 26.5 Å². The van der Waals surface area contributed by atoms with Gasteiger partial charge in [0.15, 0.2) is 23.0 Å². The molecule has 176 valence electrons. The van der Waals surface area contributed by atoms with Crippen molar-refractivity contribution in [2.24, 2.45) is 0 Å². The van der Waals surface area contributed by atoms with Gasteiger partial charge in [0.25, 0.3) is 0 Å². The molecule has 0 aliphatic rings. The van der Waals surface area contributed by atoms with Crippen molar-refractivity contribution >= 4 is 23.2 Å². The van der Waals surface area contributed by atoms with E-state index in [4.69, 9.17) is 42.1 Å². The highest BCUT2D eigenvalue weighted by molar-refractivity contribution is 6.32. The molecule has 33 heavy (non-hydrogen) atoms. The van der Waals surface area contributed by atoms with E-state index in [2.05, 4.69) is 5.32 Å². The van der Waals surface area contributed by atoms with Gasteiger partial charge in [-0.2, -0.15) is 0 Å². The van der Waals surface area contributed by atoms with Gasteiger partial charge in [-0.1, -0.05) is 41.4 Å². The number of hydrogen-bond acceptors (Lipinski definition) is 5. The predicted molar refractivity (Wildman–Crippen MR) is 133 cm³/mol. The summed E-state index contributed by atoms with van der Waals surface area (Å²) in [5.41, 5.74) is 3.14. The largest absolute Gasteiger partial charge is 0.493 e. The first-order chi connectivity index (χ1) is 16.0. The molecule has 1 N–H and O–H groups in total. The maximum atomic E-state index is 6.55. The lowest BCUT2D eigenvalue weighted by atomic mass is 10.1. The van der Waals surface area contributed by atoms with Gasteiger partial charge in [0.2, 0.25) is 0 Å². The molecule has 0 aromatic heterocycles. The van der Waals surface area contributed by atoms with E-state index in [0.29, 0.717) is 41.3 Å². The van der Waals surface area contributed by atoms with Gasteiger partial charge in [0.1, 0.15) is 6.61 Å². The molecule has 0 unspecified atom stereocenters. The van der Waals surface area contributed by atoms with Crippen molar-refractivity contribution in [3.05, 3.63) is 81.3 Å². The van der Waals surface area contributed by atoms with Crippen LogP contribution in [0.4, 0.5) is 0 Å². The molecule has 3 aromatic carbocycles. The van der Waals surface area contributed by atoms with Crippen LogP contribution in [0.1, 0.15) is 23.6 Å². The molecule has 0 saturated heterocycles. The fourth-order valence-corrected chi connectivity index (χ4v) is 3.91. The molecule has 0 aliphatic heterocycles. The number of benzene rings is 3. The van der Waals surface area contributed by atoms with Crippen LogP contribution in [0.2, 0.25) is 10.0 Å². The summed E-state index contributed by atoms with van der Waals surface area (Å²) in [6.45, 7) is 4.25. The first-order valence-corrected chi connectivity index (χ1v) is 11.5. The lowest BCUT2D eigenvalue weighted by Gasteiger charge is -2.16. The zero-order valence-corrected chi connectivity index (χ0v) is 20.6. The monoisotopic (exact) mass is 489 g/mol. The molecule has 0 amide bonds. The van der Waals surface area contributed by atoms with E-state index in [9.17, 15) is 0 Å². The Morgan fingerprint density at radius 2 is 1.58 bits per heavy atom. The van der Waals surface area contributed by atoms with Gasteiger partial charge in [-0.15, -0.1) is 0 Å². The van der Waals surface area contributed by atoms with Crippen molar-refractivity contribution in [3.63, 3.8) is 0 Å². The van der Waals surface area contributed by atoms with Crippen LogP contribution >= 0.6 is 23.2 Å². The van der Waals surface area contributed by atoms with Crippen LogP contribution in [-0.4, -0.2) is 27.4 Å². The third-order valence-electron chi connectivity index (χ3n) is 5.01. The number of rotatable bonds is 12. The number of ether oxygens (including phenoxy) is 4. The molecule has 3 rings (SSSR count). The van der Waals surface area contributed by atoms with Gasteiger partial charge < -0.3 is 24.3 Å². The molecular weight excluding hydrogens is 461 g/mol. The molecular formula is C26H29Cl2NO4. The minimum absolute atomic E-state index is 0.350. The molecule has 0 saturated carbocycles. The molecule has 0 bridgehead atoms. The van der Waals surface area contributed by atoms with Crippen molar-refractivity contribution in [3.8, 4) is 23.0 Å². The maximum Gasteiger partial charge on any atom is 0.180 e. The first-order valence-electron chi connectivity index (χ1n) is 10.8. The summed E-state index contributed by atoms with van der Waals surface area (Å²) >= 11 is 12.6. The predicted octanol–water partition coefficient (Wildman–Crippen LogP) is 6.32. The number of methoxy groups -OCH3 is 2. The summed E-state index contributed by atoms with van der Waals surface area (Å²) in [6.07, 6.45) is 0.854. The fourth-order valence-electron chi connectivity index (χ4n) is 3.41. The average molecular weight is 490 g/mol. The maximum absolute atomic E-state index is 6.55. The molecule has 0 aliphatic carbocycles. The van der Waals surface area contributed by atoms with Crippen LogP contribution in [-0.2, 0) is 19.6 Å². The highest BCUT2D eigenvalue weighted by Gasteiger charge is 2.13. The third-order valence-corrected chi connectivity index (χ3v) is 5.52. The zero-order chi connectivity index (χ0) is 23.6. The summed E-state index contributed by atoms with van der Waals surface area (Å²) in [7, 11) is 3.27. The molecule has 0 radical (unpaired) electrons. The minimum Gasteiger partial charge on any atom is -0.493 e. The Labute approximate surface area is 205 Å². The quantitative estimate of drug-likeness (QED) is 0.301. The van der Waals surface area contributed by atoms with E-state index >= 15 is 0 Å². The molecule has 7 heteroatoms. The second kappa shape index (κ2) is 12.6. The summed E-state index contributed by atoms with van der Waals surface area (Å²) < 4.78 is 22.5. The Kier molecular flexibility index (Phi) is 9.55. The number of halogens is 2. The van der Waals surface area contributed by atoms with Gasteiger partial charge in [0, 0.05) is 11.6 Å². The Bertz CT molecular complexity index is 1060. The number of nitrogens with one attached hydrogen (secondary N) is 1. The molecule has 0 fully saturated rings. The molecule has 5 nitrogen and oxygen atoms in total. The normalized spacial score (nSPS) is 10.7. The SMILES string of the molecule is CCOc1cc(CNCCc2ccc(OC)c(OC)c2)cc(Cl)c1OCc1cccc(Cl)c1. The van der Waals surface area contributed by atoms with Crippen molar-refractivity contribution in [1.82, 2.24) is 5.32 Å². The highest BCUT2D eigenvalue weighted by atomic mass is 35.5. The minimum atomic E-state index is 0.350. The lowest BCUT2D eigenvalue weighted by molar-refractivity contribution is 0.269. The van der Waals surface area contributed by atoms with E-state index in [1.807, 2.05) is 61.5 Å². The highest BCUT2D eigenvalue weighted by Crippen LogP contribution is 2.37. The van der Waals surface area contributed by atoms with Gasteiger partial charge in [0.05, 0.1) is 25.8 Å². The van der Waals surface area contributed by atoms with E-state index in [1.165, 1.54) is 0 Å². The van der Waals surface area contributed by atoms with Gasteiger partial charge in [-0.05, 0) is 73.0 Å². The summed E-state index contributed by atoms with van der Waals surface area (Å²) in [4.78, 5) is 0. The van der Waals surface area contributed by atoms with E-state index < -0.39 is 0 Å². The Hall–Kier alpha value is -2.60. The third kappa shape index (κ3) is 7.19. The molecule has 0 heterocycles. The van der Waals surface area contributed by atoms with Gasteiger partial charge in [-0.25, -0.2) is 0 Å². The standard InChI is InChI=1S/C26H29Cl2NO4/c1-4-32-25-15-20(13-22(28)26(25)33-17-19-6-5-7-21(27)12-19)16-29-11-10-18-8-9-23(30-2)24(14-18)31-3/h5-9,12-15,29H,4,10-11,16-17H2,1-3H3. The Morgan fingerprint density at radius 1 is 0.788 bits per heavy atom. The smallest absolute Gasteiger partial charge is 0.180 e. The second-order valence-corrected chi connectivity index (χ2v) is 8.22. The Balaban J connectivity index is 1.60. The van der Waals surface area contributed by atoms with Crippen molar-refractivity contribution in [1.29, 1.82) is 0 Å². The number of hydrogen-bond donors (Lipinski definition) is 1. The molecule has 0 spiro atoms. The summed E-state index contributed by atoms with van der Waals surface area (Å²) in [6, 6.07) is 17.4. The fraction of sp³-hybridized carbons (Fsp3) is 0.308. The van der Waals surface area contributed by atoms with Crippen LogP contribution in [0.3, 0.4) is 0 Å². The molecule has 3 aromatic rings. The van der Waals surface area contributed by atoms with Gasteiger partial charge in [-0.3, -0.25) is 0 Å². The second-order valence-electron chi connectivity index (χ2n) is 7.37. The Morgan fingerprint density at radius 3 is 2.30 bits per heavy atom. The van der Waals surface area contributed by atoms with Gasteiger partial charge >= 0.3 is 0 Å². The van der Waals surface area contributed by atoms with Crippen LogP contribution in [0, 0.1) is 0 Å². The lowest BCUT2D eigenvalue weighted by Crippen LogP contribution is -2.17.